The number of likely N-dealkylation sites (tertiary alicyclic amines) is 1. The molecule has 1 atom stereocenters. The van der Waals surface area contributed by atoms with Crippen LogP contribution >= 0.6 is 0 Å². The molecule has 0 spiro atoms. The molecule has 2 aromatic rings. The third-order valence-electron chi connectivity index (χ3n) is 5.85. The molecule has 1 amide bonds. The van der Waals surface area contributed by atoms with E-state index in [9.17, 15) is 4.79 Å². The fraction of sp³-hybridized carbons (Fsp3) is 0.524. The van der Waals surface area contributed by atoms with Gasteiger partial charge in [0, 0.05) is 45.0 Å². The summed E-state index contributed by atoms with van der Waals surface area (Å²) in [6.07, 6.45) is 2.26. The van der Waals surface area contributed by atoms with Crippen LogP contribution in [0.5, 0.6) is 0 Å². The monoisotopic (exact) mass is 410 g/mol. The van der Waals surface area contributed by atoms with Crippen LogP contribution in [0, 0.1) is 0 Å². The first-order valence-electron chi connectivity index (χ1n) is 10.7. The van der Waals surface area contributed by atoms with Crippen LogP contribution in [0.2, 0.25) is 0 Å². The van der Waals surface area contributed by atoms with Gasteiger partial charge in [-0.15, -0.1) is 0 Å². The van der Waals surface area contributed by atoms with Crippen LogP contribution < -0.4 is 11.1 Å². The van der Waals surface area contributed by atoms with Crippen molar-refractivity contribution in [3.63, 3.8) is 0 Å². The molecule has 2 aliphatic rings. The molecule has 3 N–H and O–H groups in total. The van der Waals surface area contributed by atoms with E-state index in [1.54, 1.807) is 0 Å². The van der Waals surface area contributed by atoms with Crippen LogP contribution in [0.15, 0.2) is 30.3 Å². The SMILES string of the molecule is CC(c1nc(N)nc(Nc2ccccc2)n1)N1CCN(CC(=O)N2CCCC2)CC1. The minimum absolute atomic E-state index is 0.0167. The number of hydrogen-bond donors (Lipinski definition) is 2. The summed E-state index contributed by atoms with van der Waals surface area (Å²) in [7, 11) is 0. The van der Waals surface area contributed by atoms with E-state index in [1.807, 2.05) is 35.2 Å². The Morgan fingerprint density at radius 2 is 1.73 bits per heavy atom. The fourth-order valence-electron chi connectivity index (χ4n) is 4.03. The maximum Gasteiger partial charge on any atom is 0.236 e. The van der Waals surface area contributed by atoms with Crippen molar-refractivity contribution in [2.24, 2.45) is 0 Å². The lowest BCUT2D eigenvalue weighted by Crippen LogP contribution is -2.50. The number of rotatable bonds is 6. The highest BCUT2D eigenvalue weighted by Gasteiger charge is 2.27. The number of nitrogens with zero attached hydrogens (tertiary/aromatic N) is 6. The molecule has 9 heteroatoms. The van der Waals surface area contributed by atoms with Gasteiger partial charge in [-0.05, 0) is 31.9 Å². The van der Waals surface area contributed by atoms with Gasteiger partial charge in [-0.25, -0.2) is 0 Å². The Bertz CT molecular complexity index is 847. The van der Waals surface area contributed by atoms with Gasteiger partial charge in [0.15, 0.2) is 5.82 Å². The molecule has 30 heavy (non-hydrogen) atoms. The first-order chi connectivity index (χ1) is 14.6. The van der Waals surface area contributed by atoms with Crippen molar-refractivity contribution in [3.05, 3.63) is 36.2 Å². The number of amides is 1. The average Bonchev–Trinajstić information content (AvgIpc) is 3.29. The second-order valence-corrected chi connectivity index (χ2v) is 7.94. The molecule has 0 saturated carbocycles. The minimum atomic E-state index is 0.0167. The molecule has 1 unspecified atom stereocenters. The summed E-state index contributed by atoms with van der Waals surface area (Å²) in [5.74, 6) is 1.57. The summed E-state index contributed by atoms with van der Waals surface area (Å²) in [5, 5.41) is 3.19. The molecule has 2 saturated heterocycles. The number of piperazine rings is 1. The summed E-state index contributed by atoms with van der Waals surface area (Å²) in [4.78, 5) is 32.1. The summed E-state index contributed by atoms with van der Waals surface area (Å²) >= 11 is 0. The molecular weight excluding hydrogens is 380 g/mol. The normalized spacial score (nSPS) is 19.0. The lowest BCUT2D eigenvalue weighted by Gasteiger charge is -2.37. The second-order valence-electron chi connectivity index (χ2n) is 7.94. The molecule has 2 fully saturated rings. The zero-order chi connectivity index (χ0) is 20.9. The van der Waals surface area contributed by atoms with Crippen molar-refractivity contribution in [1.29, 1.82) is 0 Å². The van der Waals surface area contributed by atoms with Crippen molar-refractivity contribution in [3.8, 4) is 0 Å². The number of nitrogens with two attached hydrogens (primary N) is 1. The third-order valence-corrected chi connectivity index (χ3v) is 5.85. The summed E-state index contributed by atoms with van der Waals surface area (Å²) < 4.78 is 0. The second kappa shape index (κ2) is 9.36. The van der Waals surface area contributed by atoms with E-state index in [0.717, 1.165) is 57.8 Å². The van der Waals surface area contributed by atoms with E-state index in [4.69, 9.17) is 5.73 Å². The van der Waals surface area contributed by atoms with E-state index in [2.05, 4.69) is 37.0 Å². The molecule has 0 aliphatic carbocycles. The van der Waals surface area contributed by atoms with Crippen molar-refractivity contribution < 1.29 is 4.79 Å². The van der Waals surface area contributed by atoms with E-state index in [-0.39, 0.29) is 17.9 Å². The molecule has 2 aliphatic heterocycles. The number of nitrogen functional groups attached to an aromatic ring is 1. The molecule has 4 rings (SSSR count). The first kappa shape index (κ1) is 20.5. The lowest BCUT2D eigenvalue weighted by molar-refractivity contribution is -0.131. The lowest BCUT2D eigenvalue weighted by atomic mass is 10.2. The molecule has 0 radical (unpaired) electrons. The highest BCUT2D eigenvalue weighted by atomic mass is 16.2. The van der Waals surface area contributed by atoms with Gasteiger partial charge in [0.25, 0.3) is 0 Å². The third kappa shape index (κ3) is 5.03. The van der Waals surface area contributed by atoms with E-state index >= 15 is 0 Å². The molecule has 9 nitrogen and oxygen atoms in total. The predicted molar refractivity (Wildman–Crippen MR) is 116 cm³/mol. The minimum Gasteiger partial charge on any atom is -0.368 e. The van der Waals surface area contributed by atoms with E-state index in [0.29, 0.717) is 18.3 Å². The maximum absolute atomic E-state index is 12.4. The van der Waals surface area contributed by atoms with Crippen molar-refractivity contribution in [1.82, 2.24) is 29.7 Å². The number of aromatic nitrogens is 3. The smallest absolute Gasteiger partial charge is 0.236 e. The summed E-state index contributed by atoms with van der Waals surface area (Å²) in [6, 6.07) is 9.77. The van der Waals surface area contributed by atoms with Gasteiger partial charge in [-0.1, -0.05) is 18.2 Å². The Morgan fingerprint density at radius 3 is 2.43 bits per heavy atom. The van der Waals surface area contributed by atoms with E-state index < -0.39 is 0 Å². The first-order valence-corrected chi connectivity index (χ1v) is 10.7. The van der Waals surface area contributed by atoms with Gasteiger partial charge < -0.3 is 16.0 Å². The van der Waals surface area contributed by atoms with E-state index in [1.165, 1.54) is 0 Å². The van der Waals surface area contributed by atoms with Crippen LogP contribution in [-0.2, 0) is 4.79 Å². The van der Waals surface area contributed by atoms with Gasteiger partial charge in [-0.2, -0.15) is 15.0 Å². The highest BCUT2D eigenvalue weighted by molar-refractivity contribution is 5.78. The van der Waals surface area contributed by atoms with Gasteiger partial charge in [0.05, 0.1) is 12.6 Å². The van der Waals surface area contributed by atoms with Crippen molar-refractivity contribution >= 4 is 23.5 Å². The molecule has 1 aromatic carbocycles. The molecule has 160 valence electrons. The summed E-state index contributed by atoms with van der Waals surface area (Å²) in [6.45, 7) is 7.88. The van der Waals surface area contributed by atoms with Crippen molar-refractivity contribution in [2.75, 3.05) is 56.9 Å². The Balaban J connectivity index is 1.34. The number of hydrogen-bond acceptors (Lipinski definition) is 8. The number of nitrogens with one attached hydrogen (secondary N) is 1. The number of carbonyl (C=O) groups is 1. The molecular formula is C21H30N8O. The largest absolute Gasteiger partial charge is 0.368 e. The highest BCUT2D eigenvalue weighted by Crippen LogP contribution is 2.21. The quantitative estimate of drug-likeness (QED) is 0.738. The fourth-order valence-corrected chi connectivity index (χ4v) is 4.03. The van der Waals surface area contributed by atoms with Gasteiger partial charge >= 0.3 is 0 Å². The van der Waals surface area contributed by atoms with Crippen LogP contribution in [0.4, 0.5) is 17.6 Å². The number of benzene rings is 1. The van der Waals surface area contributed by atoms with Crippen LogP contribution in [0.1, 0.15) is 31.6 Å². The molecule has 1 aromatic heterocycles. The van der Waals surface area contributed by atoms with Crippen molar-refractivity contribution in [2.45, 2.75) is 25.8 Å². The number of carbonyl (C=O) groups excluding carboxylic acids is 1. The average molecular weight is 411 g/mol. The Labute approximate surface area is 177 Å². The van der Waals surface area contributed by atoms with Gasteiger partial charge in [0.1, 0.15) is 0 Å². The van der Waals surface area contributed by atoms with Crippen LogP contribution in [0.25, 0.3) is 0 Å². The molecule has 0 bridgehead atoms. The summed E-state index contributed by atoms with van der Waals surface area (Å²) in [5.41, 5.74) is 6.85. The Morgan fingerprint density at radius 1 is 1.03 bits per heavy atom. The van der Waals surface area contributed by atoms with Crippen LogP contribution in [0.3, 0.4) is 0 Å². The topological polar surface area (TPSA) is 104 Å². The zero-order valence-corrected chi connectivity index (χ0v) is 17.5. The Kier molecular flexibility index (Phi) is 6.39. The maximum atomic E-state index is 12.4. The number of para-hydroxylation sites is 1. The Hall–Kier alpha value is -2.78. The van der Waals surface area contributed by atoms with Gasteiger partial charge in [-0.3, -0.25) is 14.6 Å². The zero-order valence-electron chi connectivity index (χ0n) is 17.5. The number of anilines is 3. The predicted octanol–water partition coefficient (Wildman–Crippen LogP) is 1.50. The standard InChI is InChI=1S/C21H30N8O/c1-16(19-24-20(22)26-21(25-19)23-17-7-3-2-4-8-17)28-13-11-27(12-14-28)15-18(30)29-9-5-6-10-29/h2-4,7-8,16H,5-6,9-15H2,1H3,(H3,22,23,24,25,26). The van der Waals surface area contributed by atoms with Crippen LogP contribution in [-0.4, -0.2) is 81.4 Å². The van der Waals surface area contributed by atoms with Gasteiger partial charge in [0.2, 0.25) is 17.8 Å². The molecule has 3 heterocycles.